The van der Waals surface area contributed by atoms with Gasteiger partial charge in [0.05, 0.1) is 23.9 Å². The molecular weight excluding hydrogens is 428 g/mol. The second kappa shape index (κ2) is 9.47. The first-order chi connectivity index (χ1) is 16.6. The number of esters is 1. The van der Waals surface area contributed by atoms with Crippen LogP contribution in [0.15, 0.2) is 72.8 Å². The number of fused-ring (bicyclic) bond motifs is 1. The predicted molar refractivity (Wildman–Crippen MR) is 129 cm³/mol. The second-order valence-corrected chi connectivity index (χ2v) is 8.40. The Morgan fingerprint density at radius 3 is 2.41 bits per heavy atom. The van der Waals surface area contributed by atoms with Gasteiger partial charge in [0.2, 0.25) is 0 Å². The average molecular weight is 455 g/mol. The van der Waals surface area contributed by atoms with Gasteiger partial charge in [-0.15, -0.1) is 0 Å². The van der Waals surface area contributed by atoms with Crippen molar-refractivity contribution in [2.45, 2.75) is 19.8 Å². The molecule has 1 unspecified atom stereocenters. The van der Waals surface area contributed by atoms with Crippen molar-refractivity contribution in [2.24, 2.45) is 5.92 Å². The fourth-order valence-electron chi connectivity index (χ4n) is 4.43. The Labute approximate surface area is 198 Å². The summed E-state index contributed by atoms with van der Waals surface area (Å²) in [6.07, 6.45) is 1.49. The topological polar surface area (TPSA) is 76.8 Å². The zero-order valence-electron chi connectivity index (χ0n) is 19.1. The Bertz CT molecular complexity index is 1320. The van der Waals surface area contributed by atoms with Crippen molar-refractivity contribution in [3.63, 3.8) is 0 Å². The number of aromatic nitrogens is 3. The molecule has 3 heterocycles. The van der Waals surface area contributed by atoms with Crippen LogP contribution in [-0.2, 0) is 9.53 Å². The molecule has 1 fully saturated rings. The normalized spacial score (nSPS) is 15.9. The van der Waals surface area contributed by atoms with Crippen molar-refractivity contribution in [3.8, 4) is 22.5 Å². The van der Waals surface area contributed by atoms with E-state index in [-0.39, 0.29) is 17.8 Å². The van der Waals surface area contributed by atoms with Crippen molar-refractivity contribution in [3.05, 3.63) is 78.5 Å². The van der Waals surface area contributed by atoms with E-state index in [4.69, 9.17) is 9.72 Å². The maximum atomic E-state index is 13.4. The molecule has 2 aromatic heterocycles. The molecule has 0 saturated carbocycles. The minimum absolute atomic E-state index is 0.195. The molecule has 7 nitrogen and oxygen atoms in total. The molecule has 0 spiro atoms. The van der Waals surface area contributed by atoms with Gasteiger partial charge in [-0.1, -0.05) is 60.7 Å². The van der Waals surface area contributed by atoms with Crippen molar-refractivity contribution < 1.29 is 14.3 Å². The minimum atomic E-state index is -0.294. The summed E-state index contributed by atoms with van der Waals surface area (Å²) in [6, 6.07) is 23.6. The van der Waals surface area contributed by atoms with Crippen LogP contribution in [0.4, 0.5) is 0 Å². The smallest absolute Gasteiger partial charge is 0.310 e. The van der Waals surface area contributed by atoms with Crippen LogP contribution in [0, 0.1) is 5.92 Å². The lowest BCUT2D eigenvalue weighted by Gasteiger charge is -2.31. The number of ether oxygens (including phenoxy) is 1. The zero-order valence-corrected chi connectivity index (χ0v) is 19.1. The van der Waals surface area contributed by atoms with Crippen molar-refractivity contribution >= 4 is 17.5 Å². The number of benzene rings is 2. The molecule has 34 heavy (non-hydrogen) atoms. The lowest BCUT2D eigenvalue weighted by molar-refractivity contribution is -0.149. The van der Waals surface area contributed by atoms with Crippen LogP contribution >= 0.6 is 0 Å². The highest BCUT2D eigenvalue weighted by Gasteiger charge is 2.31. The molecular formula is C27H26N4O3. The Hall–Kier alpha value is -4.00. The van der Waals surface area contributed by atoms with Crippen LogP contribution in [0.1, 0.15) is 30.3 Å². The third-order valence-corrected chi connectivity index (χ3v) is 6.11. The molecule has 0 N–H and O–H groups in total. The van der Waals surface area contributed by atoms with Gasteiger partial charge in [0.15, 0.2) is 11.3 Å². The number of hydrogen-bond acceptors (Lipinski definition) is 5. The number of likely N-dealkylation sites (tertiary alicyclic amines) is 1. The fourth-order valence-corrected chi connectivity index (χ4v) is 4.43. The van der Waals surface area contributed by atoms with Gasteiger partial charge in [-0.05, 0) is 25.8 Å². The van der Waals surface area contributed by atoms with E-state index in [1.54, 1.807) is 22.4 Å². The lowest BCUT2D eigenvalue weighted by Crippen LogP contribution is -2.43. The highest BCUT2D eigenvalue weighted by Crippen LogP contribution is 2.27. The number of nitrogens with zero attached hydrogens (tertiary/aromatic N) is 4. The predicted octanol–water partition coefficient (Wildman–Crippen LogP) is 4.48. The van der Waals surface area contributed by atoms with Gasteiger partial charge in [-0.3, -0.25) is 9.59 Å². The average Bonchev–Trinajstić information content (AvgIpc) is 3.33. The Kier molecular flexibility index (Phi) is 6.08. The quantitative estimate of drug-likeness (QED) is 0.416. The van der Waals surface area contributed by atoms with E-state index in [1.165, 1.54) is 0 Å². The third kappa shape index (κ3) is 4.29. The van der Waals surface area contributed by atoms with Gasteiger partial charge in [0.1, 0.15) is 0 Å². The standard InChI is InChI=1S/C27H26N4O3/c1-2-34-27(33)21-14-9-15-30(18-21)26(32)23-17-25-28-22(19-10-5-3-6-11-19)16-24(31(25)29-23)20-12-7-4-8-13-20/h3-8,10-13,16-17,21H,2,9,14-15,18H2,1H3. The molecule has 1 atom stereocenters. The van der Waals surface area contributed by atoms with Gasteiger partial charge >= 0.3 is 5.97 Å². The Morgan fingerprint density at radius 1 is 1.00 bits per heavy atom. The summed E-state index contributed by atoms with van der Waals surface area (Å²) >= 11 is 0. The minimum Gasteiger partial charge on any atom is -0.466 e. The summed E-state index contributed by atoms with van der Waals surface area (Å²) in [5.41, 5.74) is 4.55. The van der Waals surface area contributed by atoms with Gasteiger partial charge in [-0.25, -0.2) is 9.50 Å². The van der Waals surface area contributed by atoms with Crippen LogP contribution < -0.4 is 0 Å². The van der Waals surface area contributed by atoms with Crippen molar-refractivity contribution in [2.75, 3.05) is 19.7 Å². The fraction of sp³-hybridized carbons (Fsp3) is 0.259. The summed E-state index contributed by atoms with van der Waals surface area (Å²) in [4.78, 5) is 32.1. The molecule has 0 aliphatic carbocycles. The first-order valence-corrected chi connectivity index (χ1v) is 11.6. The number of piperidine rings is 1. The van der Waals surface area contributed by atoms with Crippen molar-refractivity contribution in [1.82, 2.24) is 19.5 Å². The third-order valence-electron chi connectivity index (χ3n) is 6.11. The largest absolute Gasteiger partial charge is 0.466 e. The van der Waals surface area contributed by atoms with E-state index >= 15 is 0 Å². The van der Waals surface area contributed by atoms with Crippen molar-refractivity contribution in [1.29, 1.82) is 0 Å². The first kappa shape index (κ1) is 21.8. The SMILES string of the molecule is CCOC(=O)C1CCCN(C(=O)c2cc3nc(-c4ccccc4)cc(-c4ccccc4)n3n2)C1. The van der Waals surface area contributed by atoms with Gasteiger partial charge in [0, 0.05) is 30.3 Å². The summed E-state index contributed by atoms with van der Waals surface area (Å²) in [7, 11) is 0. The summed E-state index contributed by atoms with van der Waals surface area (Å²) in [5, 5.41) is 4.65. The lowest BCUT2D eigenvalue weighted by atomic mass is 9.98. The molecule has 1 aliphatic heterocycles. The van der Waals surface area contributed by atoms with Crippen LogP contribution in [0.5, 0.6) is 0 Å². The summed E-state index contributed by atoms with van der Waals surface area (Å²) in [5.74, 6) is -0.729. The maximum Gasteiger partial charge on any atom is 0.310 e. The van der Waals surface area contributed by atoms with Gasteiger partial charge in [-0.2, -0.15) is 5.10 Å². The Morgan fingerprint density at radius 2 is 1.71 bits per heavy atom. The highest BCUT2D eigenvalue weighted by molar-refractivity contribution is 5.94. The van der Waals surface area contributed by atoms with E-state index in [0.717, 1.165) is 35.4 Å². The maximum absolute atomic E-state index is 13.4. The molecule has 172 valence electrons. The molecule has 4 aromatic rings. The second-order valence-electron chi connectivity index (χ2n) is 8.40. The van der Waals surface area contributed by atoms with E-state index in [0.29, 0.717) is 31.0 Å². The number of hydrogen-bond donors (Lipinski definition) is 0. The molecule has 0 radical (unpaired) electrons. The Balaban J connectivity index is 1.53. The van der Waals surface area contributed by atoms with Crippen LogP contribution in [0.2, 0.25) is 0 Å². The van der Waals surface area contributed by atoms with E-state index in [2.05, 4.69) is 5.10 Å². The number of carbonyl (C=O) groups excluding carboxylic acids is 2. The zero-order chi connectivity index (χ0) is 23.5. The van der Waals surface area contributed by atoms with E-state index in [1.807, 2.05) is 66.7 Å². The van der Waals surface area contributed by atoms with Gasteiger partial charge < -0.3 is 9.64 Å². The molecule has 5 rings (SSSR count). The number of rotatable bonds is 5. The molecule has 7 heteroatoms. The monoisotopic (exact) mass is 454 g/mol. The number of carbonyl (C=O) groups is 2. The summed E-state index contributed by atoms with van der Waals surface area (Å²) in [6.45, 7) is 3.07. The highest BCUT2D eigenvalue weighted by atomic mass is 16.5. The van der Waals surface area contributed by atoms with E-state index < -0.39 is 0 Å². The molecule has 1 aliphatic rings. The van der Waals surface area contributed by atoms with E-state index in [9.17, 15) is 9.59 Å². The number of amides is 1. The molecule has 0 bridgehead atoms. The van der Waals surface area contributed by atoms with Crippen LogP contribution in [0.3, 0.4) is 0 Å². The molecule has 2 aromatic carbocycles. The molecule has 1 amide bonds. The summed E-state index contributed by atoms with van der Waals surface area (Å²) < 4.78 is 6.90. The van der Waals surface area contributed by atoms with Crippen LogP contribution in [0.25, 0.3) is 28.2 Å². The molecule has 1 saturated heterocycles. The first-order valence-electron chi connectivity index (χ1n) is 11.6. The van der Waals surface area contributed by atoms with Gasteiger partial charge in [0.25, 0.3) is 5.91 Å². The van der Waals surface area contributed by atoms with Crippen LogP contribution in [-0.4, -0.2) is 51.1 Å².